The van der Waals surface area contributed by atoms with Crippen LogP contribution < -0.4 is 4.90 Å². The first-order valence-corrected chi connectivity index (χ1v) is 7.22. The summed E-state index contributed by atoms with van der Waals surface area (Å²) in [5.41, 5.74) is 0.586. The molecule has 0 bridgehead atoms. The molecule has 1 fully saturated rings. The number of nitrogens with zero attached hydrogens (tertiary/aromatic N) is 1. The number of cyclic esters (lactones) is 1. The number of rotatable bonds is 2. The molecule has 0 saturated carbocycles. The van der Waals surface area contributed by atoms with Gasteiger partial charge in [-0.25, -0.2) is 13.2 Å². The smallest absolute Gasteiger partial charge is 0.414 e. The van der Waals surface area contributed by atoms with E-state index in [0.29, 0.717) is 12.2 Å². The van der Waals surface area contributed by atoms with Crippen molar-refractivity contribution in [2.45, 2.75) is 17.9 Å². The van der Waals surface area contributed by atoms with Crippen LogP contribution in [0.2, 0.25) is 0 Å². The zero-order chi connectivity index (χ0) is 12.6. The first-order valence-electron chi connectivity index (χ1n) is 4.91. The molecule has 92 valence electrons. The number of anilines is 1. The third kappa shape index (κ3) is 2.53. The van der Waals surface area contributed by atoms with Gasteiger partial charge in [-0.05, 0) is 31.2 Å². The molecule has 0 aliphatic carbocycles. The fourth-order valence-corrected chi connectivity index (χ4v) is 2.37. The molecule has 1 unspecified atom stereocenters. The molecule has 1 heterocycles. The van der Waals surface area contributed by atoms with Crippen molar-refractivity contribution >= 4 is 31.5 Å². The zero-order valence-electron chi connectivity index (χ0n) is 8.96. The zero-order valence-corrected chi connectivity index (χ0v) is 10.5. The predicted molar refractivity (Wildman–Crippen MR) is 62.8 cm³/mol. The Morgan fingerprint density at radius 1 is 1.35 bits per heavy atom. The molecule has 7 heteroatoms. The minimum atomic E-state index is -3.73. The Balaban J connectivity index is 2.28. The summed E-state index contributed by atoms with van der Waals surface area (Å²) in [6.45, 7) is 2.24. The van der Waals surface area contributed by atoms with Crippen LogP contribution in [0.1, 0.15) is 6.92 Å². The average Bonchev–Trinajstić information content (AvgIpc) is 2.57. The van der Waals surface area contributed by atoms with Crippen LogP contribution in [0.5, 0.6) is 0 Å². The highest BCUT2D eigenvalue weighted by Crippen LogP contribution is 2.24. The molecule has 0 N–H and O–H groups in total. The number of hydrogen-bond acceptors (Lipinski definition) is 4. The molecule has 1 aliphatic rings. The highest BCUT2D eigenvalue weighted by atomic mass is 35.7. The van der Waals surface area contributed by atoms with Crippen LogP contribution in [0, 0.1) is 0 Å². The average molecular weight is 276 g/mol. The number of halogens is 1. The number of hydrogen-bond donors (Lipinski definition) is 0. The Labute approximate surface area is 103 Å². The van der Waals surface area contributed by atoms with Gasteiger partial charge in [-0.1, -0.05) is 0 Å². The van der Waals surface area contributed by atoms with Gasteiger partial charge in [-0.15, -0.1) is 0 Å². The van der Waals surface area contributed by atoms with E-state index in [1.54, 1.807) is 6.92 Å². The van der Waals surface area contributed by atoms with Crippen molar-refractivity contribution in [1.29, 1.82) is 0 Å². The summed E-state index contributed by atoms with van der Waals surface area (Å²) in [5.74, 6) is 0. The van der Waals surface area contributed by atoms with Gasteiger partial charge in [0.05, 0.1) is 11.4 Å². The van der Waals surface area contributed by atoms with Gasteiger partial charge in [0.15, 0.2) is 0 Å². The van der Waals surface area contributed by atoms with Gasteiger partial charge in [0.1, 0.15) is 6.10 Å². The van der Waals surface area contributed by atoms with E-state index in [0.717, 1.165) is 0 Å². The van der Waals surface area contributed by atoms with E-state index in [2.05, 4.69) is 0 Å². The third-order valence-electron chi connectivity index (χ3n) is 2.39. The van der Waals surface area contributed by atoms with E-state index in [1.807, 2.05) is 0 Å². The summed E-state index contributed by atoms with van der Waals surface area (Å²) in [5, 5.41) is 0. The van der Waals surface area contributed by atoms with E-state index >= 15 is 0 Å². The summed E-state index contributed by atoms with van der Waals surface area (Å²) < 4.78 is 27.1. The lowest BCUT2D eigenvalue weighted by Gasteiger charge is -2.12. The maximum Gasteiger partial charge on any atom is 0.414 e. The van der Waals surface area contributed by atoms with Crippen LogP contribution in [0.25, 0.3) is 0 Å². The Morgan fingerprint density at radius 2 is 1.94 bits per heavy atom. The van der Waals surface area contributed by atoms with E-state index in [1.165, 1.54) is 29.2 Å². The third-order valence-corrected chi connectivity index (χ3v) is 3.76. The number of amides is 1. The van der Waals surface area contributed by atoms with Gasteiger partial charge in [-0.3, -0.25) is 4.90 Å². The lowest BCUT2D eigenvalue weighted by molar-refractivity contribution is 0.150. The second-order valence-electron chi connectivity index (χ2n) is 3.74. The fourth-order valence-electron chi connectivity index (χ4n) is 1.60. The Kier molecular flexibility index (Phi) is 3.01. The highest BCUT2D eigenvalue weighted by molar-refractivity contribution is 8.13. The van der Waals surface area contributed by atoms with E-state index in [-0.39, 0.29) is 11.0 Å². The molecule has 1 aliphatic heterocycles. The Hall–Kier alpha value is -1.27. The molecule has 1 aromatic carbocycles. The second kappa shape index (κ2) is 4.19. The standard InChI is InChI=1S/C10H10ClNO4S/c1-7-6-12(10(13)16-7)8-2-4-9(5-3-8)17(11,14)15/h2-5,7H,6H2,1H3. The molecular formula is C10H10ClNO4S. The van der Waals surface area contributed by atoms with Crippen molar-refractivity contribution < 1.29 is 17.9 Å². The fraction of sp³-hybridized carbons (Fsp3) is 0.300. The minimum Gasteiger partial charge on any atom is -0.444 e. The van der Waals surface area contributed by atoms with Gasteiger partial charge in [0.2, 0.25) is 0 Å². The van der Waals surface area contributed by atoms with Crippen molar-refractivity contribution in [3.8, 4) is 0 Å². The number of benzene rings is 1. The van der Waals surface area contributed by atoms with Crippen LogP contribution >= 0.6 is 10.7 Å². The summed E-state index contributed by atoms with van der Waals surface area (Å²) in [7, 11) is 1.46. The number of carbonyl (C=O) groups is 1. The molecule has 1 amide bonds. The molecule has 0 spiro atoms. The lowest BCUT2D eigenvalue weighted by Crippen LogP contribution is -2.23. The van der Waals surface area contributed by atoms with Gasteiger partial charge in [0.25, 0.3) is 9.05 Å². The van der Waals surface area contributed by atoms with Gasteiger partial charge in [0, 0.05) is 16.4 Å². The topological polar surface area (TPSA) is 63.7 Å². The largest absolute Gasteiger partial charge is 0.444 e. The van der Waals surface area contributed by atoms with E-state index < -0.39 is 15.1 Å². The molecule has 5 nitrogen and oxygen atoms in total. The summed E-state index contributed by atoms with van der Waals surface area (Å²) >= 11 is 0. The van der Waals surface area contributed by atoms with Crippen LogP contribution in [0.3, 0.4) is 0 Å². The summed E-state index contributed by atoms with van der Waals surface area (Å²) in [6, 6.07) is 5.75. The normalized spacial score (nSPS) is 20.5. The monoisotopic (exact) mass is 275 g/mol. The molecule has 17 heavy (non-hydrogen) atoms. The van der Waals surface area contributed by atoms with Crippen LogP contribution in [0.15, 0.2) is 29.2 Å². The first-order chi connectivity index (χ1) is 7.88. The van der Waals surface area contributed by atoms with Crippen LogP contribution in [-0.2, 0) is 13.8 Å². The summed E-state index contributed by atoms with van der Waals surface area (Å²) in [6.07, 6.45) is -0.599. The molecule has 1 aromatic rings. The minimum absolute atomic E-state index is 0.00327. The van der Waals surface area contributed by atoms with E-state index in [9.17, 15) is 13.2 Å². The van der Waals surface area contributed by atoms with Crippen molar-refractivity contribution in [1.82, 2.24) is 0 Å². The van der Waals surface area contributed by atoms with Crippen molar-refractivity contribution in [2.24, 2.45) is 0 Å². The molecule has 0 aromatic heterocycles. The van der Waals surface area contributed by atoms with Gasteiger partial charge < -0.3 is 4.74 Å². The second-order valence-corrected chi connectivity index (χ2v) is 6.30. The van der Waals surface area contributed by atoms with Crippen molar-refractivity contribution in [3.63, 3.8) is 0 Å². The van der Waals surface area contributed by atoms with Gasteiger partial charge >= 0.3 is 6.09 Å². The lowest BCUT2D eigenvalue weighted by atomic mass is 10.3. The van der Waals surface area contributed by atoms with Crippen LogP contribution in [-0.4, -0.2) is 27.2 Å². The number of ether oxygens (including phenoxy) is 1. The van der Waals surface area contributed by atoms with Crippen LogP contribution in [0.4, 0.5) is 10.5 Å². The predicted octanol–water partition coefficient (Wildman–Crippen LogP) is 1.96. The van der Waals surface area contributed by atoms with E-state index in [4.69, 9.17) is 15.4 Å². The van der Waals surface area contributed by atoms with Crippen molar-refractivity contribution in [3.05, 3.63) is 24.3 Å². The summed E-state index contributed by atoms with van der Waals surface area (Å²) in [4.78, 5) is 12.9. The van der Waals surface area contributed by atoms with Gasteiger partial charge in [-0.2, -0.15) is 0 Å². The highest BCUT2D eigenvalue weighted by Gasteiger charge is 2.29. The Morgan fingerprint density at radius 3 is 2.35 bits per heavy atom. The Bertz CT molecular complexity index is 540. The maximum atomic E-state index is 11.4. The first kappa shape index (κ1) is 12.2. The quantitative estimate of drug-likeness (QED) is 0.774. The molecule has 2 rings (SSSR count). The van der Waals surface area contributed by atoms with Crippen molar-refractivity contribution in [2.75, 3.05) is 11.4 Å². The molecule has 0 radical (unpaired) electrons. The molecule has 1 saturated heterocycles. The number of carbonyl (C=O) groups excluding carboxylic acids is 1. The maximum absolute atomic E-state index is 11.4. The SMILES string of the molecule is CC1CN(c2ccc(S(=O)(=O)Cl)cc2)C(=O)O1. The molecular weight excluding hydrogens is 266 g/mol. The molecule has 1 atom stereocenters.